The van der Waals surface area contributed by atoms with Gasteiger partial charge in [-0.25, -0.2) is 4.39 Å². The summed E-state index contributed by atoms with van der Waals surface area (Å²) in [4.78, 5) is 13.6. The average Bonchev–Trinajstić information content (AvgIpc) is 2.65. The second-order valence-corrected chi connectivity index (χ2v) is 7.16. The minimum absolute atomic E-state index is 0.0968. The maximum atomic E-state index is 12.9. The molecule has 3 nitrogen and oxygen atoms in total. The minimum Gasteiger partial charge on any atom is -0.349 e. The van der Waals surface area contributed by atoms with E-state index in [-0.39, 0.29) is 17.8 Å². The van der Waals surface area contributed by atoms with E-state index in [0.29, 0.717) is 0 Å². The van der Waals surface area contributed by atoms with Crippen LogP contribution in [0, 0.1) is 5.82 Å². The number of halogens is 2. The molecule has 3 rings (SSSR count). The molecule has 0 atom stereocenters. The van der Waals surface area contributed by atoms with E-state index >= 15 is 0 Å². The van der Waals surface area contributed by atoms with Gasteiger partial charge in [-0.3, -0.25) is 4.79 Å². The topological polar surface area (TPSA) is 33.5 Å². The molecular weight excluding hydrogens is 351 g/mol. The van der Waals surface area contributed by atoms with E-state index in [0.717, 1.165) is 43.1 Å². The Morgan fingerprint density at radius 1 is 1.12 bits per heavy atom. The van der Waals surface area contributed by atoms with Crippen LogP contribution < -0.4 is 10.2 Å². The molecule has 0 aromatic heterocycles. The molecule has 0 saturated carbocycles. The SMILES string of the molecule is O=C(/C=C/c1ccc(F)cc1)NC1CC[NH+](Cc2ccc(Cl)cc2)CC1. The summed E-state index contributed by atoms with van der Waals surface area (Å²) in [5.74, 6) is -0.375. The molecule has 5 heteroatoms. The molecular formula is C21H23ClFN2O+. The summed E-state index contributed by atoms with van der Waals surface area (Å²) >= 11 is 5.92. The monoisotopic (exact) mass is 373 g/mol. The van der Waals surface area contributed by atoms with Crippen molar-refractivity contribution in [2.45, 2.75) is 25.4 Å². The van der Waals surface area contributed by atoms with Gasteiger partial charge in [-0.1, -0.05) is 35.9 Å². The van der Waals surface area contributed by atoms with Crippen LogP contribution in [-0.4, -0.2) is 25.0 Å². The molecule has 1 aliphatic heterocycles. The average molecular weight is 374 g/mol. The number of carbonyl (C=O) groups excluding carboxylic acids is 1. The Hall–Kier alpha value is -2.17. The van der Waals surface area contributed by atoms with Crippen molar-refractivity contribution in [2.75, 3.05) is 13.1 Å². The lowest BCUT2D eigenvalue weighted by atomic mass is 10.0. The summed E-state index contributed by atoms with van der Waals surface area (Å²) in [5, 5.41) is 3.82. The number of likely N-dealkylation sites (tertiary alicyclic amines) is 1. The van der Waals surface area contributed by atoms with E-state index < -0.39 is 0 Å². The van der Waals surface area contributed by atoms with E-state index in [1.54, 1.807) is 18.2 Å². The molecule has 0 spiro atoms. The van der Waals surface area contributed by atoms with Crippen molar-refractivity contribution in [1.82, 2.24) is 5.32 Å². The maximum Gasteiger partial charge on any atom is 0.244 e. The standard InChI is InChI=1S/C21H22ClFN2O/c22-18-6-1-17(2-7-18)15-25-13-11-20(12-14-25)24-21(26)10-5-16-3-8-19(23)9-4-16/h1-10,20H,11-15H2,(H,24,26)/p+1/b10-5+. The molecule has 0 unspecified atom stereocenters. The molecule has 0 bridgehead atoms. The van der Waals surface area contributed by atoms with Gasteiger partial charge in [-0.2, -0.15) is 0 Å². The predicted molar refractivity (Wildman–Crippen MR) is 102 cm³/mol. The van der Waals surface area contributed by atoms with Crippen LogP contribution in [0.15, 0.2) is 54.6 Å². The Labute approximate surface area is 158 Å². The zero-order valence-corrected chi connectivity index (χ0v) is 15.3. The number of piperidine rings is 1. The van der Waals surface area contributed by atoms with Gasteiger partial charge in [-0.05, 0) is 35.9 Å². The van der Waals surface area contributed by atoms with Gasteiger partial charge < -0.3 is 10.2 Å². The largest absolute Gasteiger partial charge is 0.349 e. The second-order valence-electron chi connectivity index (χ2n) is 6.72. The highest BCUT2D eigenvalue weighted by atomic mass is 35.5. The number of carbonyl (C=O) groups is 1. The lowest BCUT2D eigenvalue weighted by Gasteiger charge is -2.29. The lowest BCUT2D eigenvalue weighted by Crippen LogP contribution is -3.12. The molecule has 1 fully saturated rings. The molecule has 136 valence electrons. The number of hydrogen-bond donors (Lipinski definition) is 2. The summed E-state index contributed by atoms with van der Waals surface area (Å²) in [6, 6.07) is 14.3. The van der Waals surface area contributed by atoms with E-state index in [9.17, 15) is 9.18 Å². The van der Waals surface area contributed by atoms with Gasteiger partial charge in [-0.15, -0.1) is 0 Å². The summed E-state index contributed by atoms with van der Waals surface area (Å²) in [5.41, 5.74) is 2.10. The van der Waals surface area contributed by atoms with E-state index in [2.05, 4.69) is 17.4 Å². The smallest absolute Gasteiger partial charge is 0.244 e. The number of quaternary nitrogens is 1. The van der Waals surface area contributed by atoms with Crippen LogP contribution in [0.3, 0.4) is 0 Å². The highest BCUT2D eigenvalue weighted by molar-refractivity contribution is 6.30. The minimum atomic E-state index is -0.278. The van der Waals surface area contributed by atoms with Gasteiger partial charge >= 0.3 is 0 Å². The van der Waals surface area contributed by atoms with Gasteiger partial charge in [0, 0.05) is 35.5 Å². The molecule has 0 aliphatic carbocycles. The summed E-state index contributed by atoms with van der Waals surface area (Å²) in [7, 11) is 0. The molecule has 1 amide bonds. The Morgan fingerprint density at radius 3 is 2.42 bits per heavy atom. The zero-order valence-electron chi connectivity index (χ0n) is 14.6. The summed E-state index contributed by atoms with van der Waals surface area (Å²) in [6.07, 6.45) is 5.16. The first-order chi connectivity index (χ1) is 12.6. The Kier molecular flexibility index (Phi) is 6.42. The van der Waals surface area contributed by atoms with Gasteiger partial charge in [0.05, 0.1) is 13.1 Å². The number of rotatable bonds is 5. The van der Waals surface area contributed by atoms with Gasteiger partial charge in [0.25, 0.3) is 0 Å². The molecule has 1 heterocycles. The van der Waals surface area contributed by atoms with Crippen LogP contribution in [0.5, 0.6) is 0 Å². The van der Waals surface area contributed by atoms with Crippen LogP contribution >= 0.6 is 11.6 Å². The number of nitrogens with one attached hydrogen (secondary N) is 2. The van der Waals surface area contributed by atoms with Crippen molar-refractivity contribution in [3.63, 3.8) is 0 Å². The number of hydrogen-bond acceptors (Lipinski definition) is 1. The van der Waals surface area contributed by atoms with E-state index in [1.807, 2.05) is 12.1 Å². The fourth-order valence-electron chi connectivity index (χ4n) is 3.23. The van der Waals surface area contributed by atoms with Crippen LogP contribution in [0.4, 0.5) is 4.39 Å². The Morgan fingerprint density at radius 2 is 1.77 bits per heavy atom. The molecule has 1 aliphatic rings. The number of benzene rings is 2. The van der Waals surface area contributed by atoms with Crippen LogP contribution in [0.2, 0.25) is 5.02 Å². The Bertz CT molecular complexity index is 751. The molecule has 2 aromatic carbocycles. The molecule has 26 heavy (non-hydrogen) atoms. The van der Waals surface area contributed by atoms with E-state index in [4.69, 9.17) is 11.6 Å². The first-order valence-electron chi connectivity index (χ1n) is 8.90. The third-order valence-corrected chi connectivity index (χ3v) is 4.96. The number of amides is 1. The first-order valence-corrected chi connectivity index (χ1v) is 9.28. The fourth-order valence-corrected chi connectivity index (χ4v) is 3.36. The van der Waals surface area contributed by atoms with Crippen molar-refractivity contribution in [3.8, 4) is 0 Å². The van der Waals surface area contributed by atoms with Gasteiger partial charge in [0.15, 0.2) is 0 Å². The third-order valence-electron chi connectivity index (χ3n) is 4.70. The van der Waals surface area contributed by atoms with Crippen molar-refractivity contribution in [2.24, 2.45) is 0 Å². The molecule has 1 saturated heterocycles. The van der Waals surface area contributed by atoms with Crippen LogP contribution in [0.25, 0.3) is 6.08 Å². The second kappa shape index (κ2) is 8.97. The van der Waals surface area contributed by atoms with Crippen molar-refractivity contribution in [1.29, 1.82) is 0 Å². The molecule has 2 aromatic rings. The van der Waals surface area contributed by atoms with Gasteiger partial charge in [0.2, 0.25) is 5.91 Å². The first kappa shape index (κ1) is 18.6. The van der Waals surface area contributed by atoms with Crippen molar-refractivity contribution < 1.29 is 14.1 Å². The van der Waals surface area contributed by atoms with Crippen LogP contribution in [0.1, 0.15) is 24.0 Å². The maximum absolute atomic E-state index is 12.9. The van der Waals surface area contributed by atoms with Crippen molar-refractivity contribution in [3.05, 3.63) is 76.6 Å². The van der Waals surface area contributed by atoms with Crippen LogP contribution in [-0.2, 0) is 11.3 Å². The quantitative estimate of drug-likeness (QED) is 0.776. The third kappa shape index (κ3) is 5.68. The van der Waals surface area contributed by atoms with E-state index in [1.165, 1.54) is 28.7 Å². The van der Waals surface area contributed by atoms with Gasteiger partial charge in [0.1, 0.15) is 12.4 Å². The normalized spacial score (nSPS) is 20.2. The highest BCUT2D eigenvalue weighted by Gasteiger charge is 2.22. The zero-order chi connectivity index (χ0) is 18.4. The fraction of sp³-hybridized carbons (Fsp3) is 0.286. The predicted octanol–water partition coefficient (Wildman–Crippen LogP) is 2.86. The lowest BCUT2D eigenvalue weighted by molar-refractivity contribution is -0.918. The highest BCUT2D eigenvalue weighted by Crippen LogP contribution is 2.09. The van der Waals surface area contributed by atoms with Crippen molar-refractivity contribution >= 4 is 23.6 Å². The molecule has 2 N–H and O–H groups in total. The molecule has 0 radical (unpaired) electrons. The summed E-state index contributed by atoms with van der Waals surface area (Å²) < 4.78 is 12.9. The Balaban J connectivity index is 1.42. The summed E-state index contributed by atoms with van der Waals surface area (Å²) in [6.45, 7) is 3.06.